The zero-order valence-electron chi connectivity index (χ0n) is 14.4. The zero-order chi connectivity index (χ0) is 17.1. The molecule has 8 nitrogen and oxygen atoms in total. The molecule has 3 heterocycles. The molecule has 0 aromatic carbocycles. The number of aryl methyl sites for hydroxylation is 1. The molecule has 3 N–H and O–H groups in total. The Bertz CT molecular complexity index is 602. The van der Waals surface area contributed by atoms with E-state index in [2.05, 4.69) is 10.4 Å². The van der Waals surface area contributed by atoms with E-state index in [0.29, 0.717) is 26.2 Å². The first-order valence-electron chi connectivity index (χ1n) is 8.50. The summed E-state index contributed by atoms with van der Waals surface area (Å²) in [6.07, 6.45) is 6.51. The van der Waals surface area contributed by atoms with Crippen molar-refractivity contribution in [3.63, 3.8) is 0 Å². The maximum atomic E-state index is 12.7. The highest BCUT2D eigenvalue weighted by atomic mass is 35.5. The second kappa shape index (κ2) is 8.64. The van der Waals surface area contributed by atoms with Crippen LogP contribution in [0.15, 0.2) is 12.4 Å². The van der Waals surface area contributed by atoms with Crippen LogP contribution in [0.1, 0.15) is 25.7 Å². The number of carbonyl (C=O) groups is 2. The monoisotopic (exact) mass is 371 g/mol. The first kappa shape index (κ1) is 19.7. The molecule has 9 heteroatoms. The average molecular weight is 372 g/mol. The molecular formula is C16H26ClN5O3. The van der Waals surface area contributed by atoms with Gasteiger partial charge in [-0.2, -0.15) is 5.10 Å². The van der Waals surface area contributed by atoms with Gasteiger partial charge in [-0.1, -0.05) is 0 Å². The molecule has 0 aliphatic carbocycles. The molecular weight excluding hydrogens is 346 g/mol. The van der Waals surface area contributed by atoms with Crippen LogP contribution in [0, 0.1) is 5.92 Å². The lowest BCUT2D eigenvalue weighted by Crippen LogP contribution is -2.56. The summed E-state index contributed by atoms with van der Waals surface area (Å²) in [6, 6.07) is -1.10. The third kappa shape index (κ3) is 4.50. The number of ether oxygens (including phenoxy) is 1. The second-order valence-corrected chi connectivity index (χ2v) is 6.54. The van der Waals surface area contributed by atoms with Crippen molar-refractivity contribution < 1.29 is 14.3 Å². The normalized spacial score (nSPS) is 23.0. The topological polar surface area (TPSA) is 102 Å². The Balaban J connectivity index is 0.00000225. The van der Waals surface area contributed by atoms with E-state index >= 15 is 0 Å². The van der Waals surface area contributed by atoms with Gasteiger partial charge in [-0.3, -0.25) is 14.3 Å². The molecule has 3 rings (SSSR count). The van der Waals surface area contributed by atoms with Gasteiger partial charge in [0.1, 0.15) is 6.04 Å². The van der Waals surface area contributed by atoms with E-state index in [9.17, 15) is 9.59 Å². The quantitative estimate of drug-likeness (QED) is 0.787. The third-order valence-electron chi connectivity index (χ3n) is 4.83. The Morgan fingerprint density at radius 1 is 1.40 bits per heavy atom. The molecule has 1 aromatic rings. The number of nitrogens with two attached hydrogens (primary N) is 1. The van der Waals surface area contributed by atoms with E-state index in [1.54, 1.807) is 22.0 Å². The predicted octanol–water partition coefficient (Wildman–Crippen LogP) is 0.207. The highest BCUT2D eigenvalue weighted by Gasteiger charge is 2.34. The standard InChI is InChI=1S/C16H25N5O3.ClH/c1-20-10-12(9-18-20)21-6-2-3-13(16(21)23)19-15(22)14(17)11-4-7-24-8-5-11;/h9-11,13-14H,2-8,17H2,1H3,(H,19,22);1H. The van der Waals surface area contributed by atoms with Gasteiger partial charge in [0.25, 0.3) is 0 Å². The number of piperidine rings is 1. The summed E-state index contributed by atoms with van der Waals surface area (Å²) in [7, 11) is 1.81. The van der Waals surface area contributed by atoms with Crippen LogP contribution >= 0.6 is 12.4 Å². The van der Waals surface area contributed by atoms with Crippen molar-refractivity contribution in [1.29, 1.82) is 0 Å². The Hall–Kier alpha value is -1.64. The highest BCUT2D eigenvalue weighted by Crippen LogP contribution is 2.21. The first-order valence-corrected chi connectivity index (χ1v) is 8.50. The summed E-state index contributed by atoms with van der Waals surface area (Å²) in [5, 5.41) is 6.95. The van der Waals surface area contributed by atoms with E-state index in [1.165, 1.54) is 0 Å². The van der Waals surface area contributed by atoms with Crippen LogP contribution in [-0.2, 0) is 21.4 Å². The third-order valence-corrected chi connectivity index (χ3v) is 4.83. The summed E-state index contributed by atoms with van der Waals surface area (Å²) in [6.45, 7) is 1.93. The molecule has 2 amide bonds. The number of hydrogen-bond acceptors (Lipinski definition) is 5. The number of amides is 2. The Labute approximate surface area is 153 Å². The number of anilines is 1. The van der Waals surface area contributed by atoms with Crippen LogP contribution < -0.4 is 16.0 Å². The molecule has 0 bridgehead atoms. The number of rotatable bonds is 4. The SMILES string of the molecule is Cl.Cn1cc(N2CCCC(NC(=O)C(N)C3CCOCC3)C2=O)cn1. The van der Waals surface area contributed by atoms with Crippen molar-refractivity contribution in [2.24, 2.45) is 18.7 Å². The van der Waals surface area contributed by atoms with Crippen molar-refractivity contribution >= 4 is 29.9 Å². The highest BCUT2D eigenvalue weighted by molar-refractivity contribution is 6.00. The van der Waals surface area contributed by atoms with Gasteiger partial charge >= 0.3 is 0 Å². The molecule has 140 valence electrons. The minimum atomic E-state index is -0.588. The molecule has 0 radical (unpaired) electrons. The summed E-state index contributed by atoms with van der Waals surface area (Å²) >= 11 is 0. The minimum absolute atomic E-state index is 0. The molecule has 0 saturated carbocycles. The van der Waals surface area contributed by atoms with Gasteiger partial charge < -0.3 is 20.7 Å². The molecule has 2 aliphatic heterocycles. The number of nitrogens with one attached hydrogen (secondary N) is 1. The van der Waals surface area contributed by atoms with E-state index in [-0.39, 0.29) is 30.1 Å². The zero-order valence-corrected chi connectivity index (χ0v) is 15.2. The van der Waals surface area contributed by atoms with E-state index in [4.69, 9.17) is 10.5 Å². The molecule has 1 aromatic heterocycles. The molecule has 25 heavy (non-hydrogen) atoms. The van der Waals surface area contributed by atoms with Gasteiger partial charge in [-0.25, -0.2) is 0 Å². The largest absolute Gasteiger partial charge is 0.381 e. The number of aromatic nitrogens is 2. The number of halogens is 1. The summed E-state index contributed by atoms with van der Waals surface area (Å²) in [4.78, 5) is 26.8. The molecule has 2 saturated heterocycles. The maximum Gasteiger partial charge on any atom is 0.249 e. The number of nitrogens with zero attached hydrogens (tertiary/aromatic N) is 3. The molecule has 0 spiro atoms. The lowest BCUT2D eigenvalue weighted by molar-refractivity contribution is -0.130. The predicted molar refractivity (Wildman–Crippen MR) is 95.5 cm³/mol. The fourth-order valence-electron chi connectivity index (χ4n) is 3.37. The second-order valence-electron chi connectivity index (χ2n) is 6.54. The van der Waals surface area contributed by atoms with Crippen molar-refractivity contribution in [3.05, 3.63) is 12.4 Å². The summed E-state index contributed by atoms with van der Waals surface area (Å²) in [5.74, 6) is -0.220. The van der Waals surface area contributed by atoms with Crippen LogP contribution in [-0.4, -0.2) is 53.4 Å². The van der Waals surface area contributed by atoms with Gasteiger partial charge in [-0.15, -0.1) is 12.4 Å². The van der Waals surface area contributed by atoms with Crippen LogP contribution in [0.2, 0.25) is 0 Å². The van der Waals surface area contributed by atoms with Crippen LogP contribution in [0.25, 0.3) is 0 Å². The van der Waals surface area contributed by atoms with Crippen molar-refractivity contribution in [1.82, 2.24) is 15.1 Å². The van der Waals surface area contributed by atoms with E-state index in [1.807, 2.05) is 7.05 Å². The fraction of sp³-hybridized carbons (Fsp3) is 0.688. The maximum absolute atomic E-state index is 12.7. The van der Waals surface area contributed by atoms with Gasteiger partial charge in [0, 0.05) is 33.0 Å². The Morgan fingerprint density at radius 3 is 2.76 bits per heavy atom. The Kier molecular flexibility index (Phi) is 6.80. The average Bonchev–Trinajstić information content (AvgIpc) is 3.03. The van der Waals surface area contributed by atoms with E-state index < -0.39 is 12.1 Å². The van der Waals surface area contributed by atoms with Crippen LogP contribution in [0.5, 0.6) is 0 Å². The van der Waals surface area contributed by atoms with Gasteiger partial charge in [-0.05, 0) is 31.6 Å². The summed E-state index contributed by atoms with van der Waals surface area (Å²) in [5.41, 5.74) is 6.86. The fourth-order valence-corrected chi connectivity index (χ4v) is 3.37. The van der Waals surface area contributed by atoms with Gasteiger partial charge in [0.2, 0.25) is 11.8 Å². The first-order chi connectivity index (χ1) is 11.6. The van der Waals surface area contributed by atoms with Crippen molar-refractivity contribution in [3.8, 4) is 0 Å². The molecule has 2 fully saturated rings. The Morgan fingerprint density at radius 2 is 2.12 bits per heavy atom. The van der Waals surface area contributed by atoms with Crippen LogP contribution in [0.3, 0.4) is 0 Å². The van der Waals surface area contributed by atoms with E-state index in [0.717, 1.165) is 24.9 Å². The summed E-state index contributed by atoms with van der Waals surface area (Å²) < 4.78 is 6.96. The van der Waals surface area contributed by atoms with Crippen molar-refractivity contribution in [2.75, 3.05) is 24.7 Å². The number of carbonyl (C=O) groups excluding carboxylic acids is 2. The molecule has 2 aliphatic rings. The van der Waals surface area contributed by atoms with Crippen molar-refractivity contribution in [2.45, 2.75) is 37.8 Å². The number of hydrogen-bond donors (Lipinski definition) is 2. The molecule has 2 unspecified atom stereocenters. The van der Waals surface area contributed by atoms with Gasteiger partial charge in [0.05, 0.1) is 17.9 Å². The lowest BCUT2D eigenvalue weighted by atomic mass is 9.91. The lowest BCUT2D eigenvalue weighted by Gasteiger charge is -2.33. The van der Waals surface area contributed by atoms with Crippen LogP contribution in [0.4, 0.5) is 5.69 Å². The minimum Gasteiger partial charge on any atom is -0.381 e. The molecule has 2 atom stereocenters. The smallest absolute Gasteiger partial charge is 0.249 e. The van der Waals surface area contributed by atoms with Gasteiger partial charge in [0.15, 0.2) is 0 Å².